The molecule has 0 spiro atoms. The third-order valence-corrected chi connectivity index (χ3v) is 2.63. The molecule has 0 heterocycles. The van der Waals surface area contributed by atoms with Crippen LogP contribution in [0.25, 0.3) is 0 Å². The standard InChI is InChI=1S/C10H12ClF2NO.ClH/c1-2-7(15)10(14)8-5(12)3-4-6(13)9(8)11;/h3-4,7,10,15H,2,14H2,1H3;1H/t7-,10-;/m1./s1. The smallest absolute Gasteiger partial charge is 0.142 e. The number of rotatable bonds is 3. The number of aliphatic hydroxyl groups excluding tert-OH is 1. The minimum absolute atomic E-state index is 0. The van der Waals surface area contributed by atoms with Gasteiger partial charge in [-0.3, -0.25) is 0 Å². The van der Waals surface area contributed by atoms with Crippen LogP contribution >= 0.6 is 24.0 Å². The summed E-state index contributed by atoms with van der Waals surface area (Å²) < 4.78 is 26.4. The molecule has 1 aromatic carbocycles. The van der Waals surface area contributed by atoms with Gasteiger partial charge in [0.05, 0.1) is 17.2 Å². The predicted octanol–water partition coefficient (Wildman–Crippen LogP) is 2.81. The van der Waals surface area contributed by atoms with Gasteiger partial charge in [-0.1, -0.05) is 18.5 Å². The lowest BCUT2D eigenvalue weighted by Gasteiger charge is -2.19. The number of hydrogen-bond acceptors (Lipinski definition) is 2. The maximum Gasteiger partial charge on any atom is 0.142 e. The van der Waals surface area contributed by atoms with E-state index in [4.69, 9.17) is 17.3 Å². The van der Waals surface area contributed by atoms with Crippen molar-refractivity contribution in [3.05, 3.63) is 34.4 Å². The molecule has 2 atom stereocenters. The van der Waals surface area contributed by atoms with Gasteiger partial charge in [-0.2, -0.15) is 0 Å². The second-order valence-electron chi connectivity index (χ2n) is 3.26. The SMILES string of the molecule is CC[C@@H](O)[C@@H](N)c1c(F)ccc(F)c1Cl.Cl. The number of benzene rings is 1. The molecule has 0 aliphatic heterocycles. The number of aliphatic hydroxyl groups is 1. The first kappa shape index (κ1) is 15.6. The zero-order valence-electron chi connectivity index (χ0n) is 8.58. The highest BCUT2D eigenvalue weighted by Crippen LogP contribution is 2.29. The molecule has 0 fully saturated rings. The molecule has 2 nitrogen and oxygen atoms in total. The summed E-state index contributed by atoms with van der Waals surface area (Å²) in [6, 6.07) is 0.851. The van der Waals surface area contributed by atoms with E-state index in [1.165, 1.54) is 0 Å². The first-order valence-corrected chi connectivity index (χ1v) is 4.93. The van der Waals surface area contributed by atoms with Crippen molar-refractivity contribution in [3.8, 4) is 0 Å². The Kier molecular flexibility index (Phi) is 6.18. The van der Waals surface area contributed by atoms with Crippen molar-refractivity contribution in [2.24, 2.45) is 5.73 Å². The van der Waals surface area contributed by atoms with Crippen LogP contribution in [0.3, 0.4) is 0 Å². The maximum absolute atomic E-state index is 13.3. The second kappa shape index (κ2) is 6.35. The largest absolute Gasteiger partial charge is 0.391 e. The Morgan fingerprint density at radius 2 is 1.88 bits per heavy atom. The fourth-order valence-electron chi connectivity index (χ4n) is 1.29. The molecular formula is C10H13Cl2F2NO. The average Bonchev–Trinajstić information content (AvgIpc) is 2.22. The molecule has 0 unspecified atom stereocenters. The summed E-state index contributed by atoms with van der Waals surface area (Å²) in [6.07, 6.45) is -0.605. The van der Waals surface area contributed by atoms with Crippen LogP contribution in [0.15, 0.2) is 12.1 Å². The minimum Gasteiger partial charge on any atom is -0.391 e. The highest BCUT2D eigenvalue weighted by Gasteiger charge is 2.23. The molecule has 0 amide bonds. The van der Waals surface area contributed by atoms with Crippen molar-refractivity contribution in [2.45, 2.75) is 25.5 Å². The van der Waals surface area contributed by atoms with Crippen molar-refractivity contribution in [1.82, 2.24) is 0 Å². The third-order valence-electron chi connectivity index (χ3n) is 2.25. The quantitative estimate of drug-likeness (QED) is 0.831. The molecular weight excluding hydrogens is 259 g/mol. The molecule has 16 heavy (non-hydrogen) atoms. The van der Waals surface area contributed by atoms with Gasteiger partial charge in [0.1, 0.15) is 11.6 Å². The van der Waals surface area contributed by atoms with E-state index in [0.717, 1.165) is 12.1 Å². The van der Waals surface area contributed by atoms with Crippen molar-refractivity contribution in [2.75, 3.05) is 0 Å². The van der Waals surface area contributed by atoms with E-state index in [1.807, 2.05) is 0 Å². The highest BCUT2D eigenvalue weighted by molar-refractivity contribution is 6.31. The van der Waals surface area contributed by atoms with E-state index in [0.29, 0.717) is 6.42 Å². The lowest BCUT2D eigenvalue weighted by Crippen LogP contribution is -2.27. The van der Waals surface area contributed by atoms with Crippen LogP contribution in [0.1, 0.15) is 24.9 Å². The molecule has 0 aliphatic rings. The van der Waals surface area contributed by atoms with E-state index < -0.39 is 23.8 Å². The van der Waals surface area contributed by atoms with Gasteiger partial charge < -0.3 is 10.8 Å². The molecule has 0 saturated carbocycles. The molecule has 6 heteroatoms. The van der Waals surface area contributed by atoms with E-state index in [-0.39, 0.29) is 23.0 Å². The van der Waals surface area contributed by atoms with Crippen LogP contribution in [0.5, 0.6) is 0 Å². The van der Waals surface area contributed by atoms with E-state index >= 15 is 0 Å². The molecule has 3 N–H and O–H groups in total. The Bertz CT molecular complexity index is 363. The zero-order chi connectivity index (χ0) is 11.6. The first-order valence-electron chi connectivity index (χ1n) is 4.56. The number of halogens is 4. The Morgan fingerprint density at radius 3 is 2.38 bits per heavy atom. The van der Waals surface area contributed by atoms with Crippen molar-refractivity contribution in [3.63, 3.8) is 0 Å². The van der Waals surface area contributed by atoms with Gasteiger partial charge in [0, 0.05) is 5.56 Å². The predicted molar refractivity (Wildman–Crippen MR) is 61.8 cm³/mol. The van der Waals surface area contributed by atoms with Crippen LogP contribution in [0.2, 0.25) is 5.02 Å². The van der Waals surface area contributed by atoms with Gasteiger partial charge in [0.2, 0.25) is 0 Å². The molecule has 0 aliphatic carbocycles. The van der Waals surface area contributed by atoms with Crippen molar-refractivity contribution < 1.29 is 13.9 Å². The fourth-order valence-corrected chi connectivity index (χ4v) is 1.57. The lowest BCUT2D eigenvalue weighted by atomic mass is 10.00. The van der Waals surface area contributed by atoms with Gasteiger partial charge in [-0.05, 0) is 18.6 Å². The molecule has 92 valence electrons. The van der Waals surface area contributed by atoms with Gasteiger partial charge in [-0.25, -0.2) is 8.78 Å². The third kappa shape index (κ3) is 3.04. The van der Waals surface area contributed by atoms with Crippen LogP contribution in [0, 0.1) is 11.6 Å². The Morgan fingerprint density at radius 1 is 1.38 bits per heavy atom. The summed E-state index contributed by atoms with van der Waals surface area (Å²) in [4.78, 5) is 0. The number of nitrogens with two attached hydrogens (primary N) is 1. The van der Waals surface area contributed by atoms with E-state index in [1.54, 1.807) is 6.92 Å². The zero-order valence-corrected chi connectivity index (χ0v) is 10.2. The Hall–Kier alpha value is -0.420. The van der Waals surface area contributed by atoms with E-state index in [9.17, 15) is 13.9 Å². The molecule has 0 bridgehead atoms. The van der Waals surface area contributed by atoms with Gasteiger partial charge in [-0.15, -0.1) is 12.4 Å². The first-order chi connectivity index (χ1) is 6.99. The second-order valence-corrected chi connectivity index (χ2v) is 3.64. The average molecular weight is 272 g/mol. The van der Waals surface area contributed by atoms with Crippen LogP contribution < -0.4 is 5.73 Å². The topological polar surface area (TPSA) is 46.2 Å². The van der Waals surface area contributed by atoms with Crippen molar-refractivity contribution in [1.29, 1.82) is 0 Å². The maximum atomic E-state index is 13.3. The van der Waals surface area contributed by atoms with Gasteiger partial charge in [0.15, 0.2) is 0 Å². The normalized spacial score (nSPS) is 14.1. The molecule has 1 aromatic rings. The van der Waals surface area contributed by atoms with Crippen LogP contribution in [-0.2, 0) is 0 Å². The summed E-state index contributed by atoms with van der Waals surface area (Å²) in [5.41, 5.74) is 5.40. The summed E-state index contributed by atoms with van der Waals surface area (Å²) in [6.45, 7) is 1.69. The molecule has 1 rings (SSSR count). The number of hydrogen-bond donors (Lipinski definition) is 2. The van der Waals surface area contributed by atoms with Crippen LogP contribution in [0.4, 0.5) is 8.78 Å². The monoisotopic (exact) mass is 271 g/mol. The lowest BCUT2D eigenvalue weighted by molar-refractivity contribution is 0.139. The summed E-state index contributed by atoms with van der Waals surface area (Å²) >= 11 is 5.59. The summed E-state index contributed by atoms with van der Waals surface area (Å²) in [7, 11) is 0. The van der Waals surface area contributed by atoms with Crippen LogP contribution in [-0.4, -0.2) is 11.2 Å². The summed E-state index contributed by atoms with van der Waals surface area (Å²) in [5, 5.41) is 9.08. The molecule has 0 aromatic heterocycles. The Labute approximate surface area is 104 Å². The Balaban J connectivity index is 0.00000225. The molecule has 0 radical (unpaired) electrons. The van der Waals surface area contributed by atoms with Gasteiger partial charge >= 0.3 is 0 Å². The van der Waals surface area contributed by atoms with Crippen molar-refractivity contribution >= 4 is 24.0 Å². The summed E-state index contributed by atoms with van der Waals surface area (Å²) in [5.74, 6) is -1.45. The highest BCUT2D eigenvalue weighted by atomic mass is 35.5. The minimum atomic E-state index is -1.02. The van der Waals surface area contributed by atoms with Gasteiger partial charge in [0.25, 0.3) is 0 Å². The molecule has 0 saturated heterocycles. The van der Waals surface area contributed by atoms with E-state index in [2.05, 4.69) is 0 Å². The fraction of sp³-hybridized carbons (Fsp3) is 0.400.